The number of hydrogen-bond acceptors (Lipinski definition) is 5. The largest absolute Gasteiger partial charge is 0.339 e. The van der Waals surface area contributed by atoms with E-state index in [-0.39, 0.29) is 0 Å². The van der Waals surface area contributed by atoms with Crippen molar-refractivity contribution < 1.29 is 4.52 Å². The lowest BCUT2D eigenvalue weighted by atomic mass is 10.0. The summed E-state index contributed by atoms with van der Waals surface area (Å²) in [5, 5.41) is 7.78. The second kappa shape index (κ2) is 6.22. The number of nitrogens with one attached hydrogen (secondary N) is 1. The SMILES string of the molecule is CC(C)c1nc(CN2CCCCC2CNC2CC2)no1. The molecule has 1 saturated carbocycles. The van der Waals surface area contributed by atoms with Gasteiger partial charge in [0.15, 0.2) is 5.82 Å². The number of nitrogens with zero attached hydrogens (tertiary/aromatic N) is 3. The molecular weight excluding hydrogens is 252 g/mol. The van der Waals surface area contributed by atoms with Gasteiger partial charge in [0.25, 0.3) is 0 Å². The van der Waals surface area contributed by atoms with Crippen LogP contribution in [0, 0.1) is 0 Å². The van der Waals surface area contributed by atoms with E-state index >= 15 is 0 Å². The zero-order valence-electron chi connectivity index (χ0n) is 12.6. The minimum Gasteiger partial charge on any atom is -0.339 e. The molecule has 1 aliphatic carbocycles. The fourth-order valence-corrected chi connectivity index (χ4v) is 2.84. The smallest absolute Gasteiger partial charge is 0.229 e. The summed E-state index contributed by atoms with van der Waals surface area (Å²) in [6.07, 6.45) is 6.63. The fourth-order valence-electron chi connectivity index (χ4n) is 2.84. The van der Waals surface area contributed by atoms with Crippen molar-refractivity contribution in [2.45, 2.75) is 70.5 Å². The highest BCUT2D eigenvalue weighted by Gasteiger charge is 2.27. The van der Waals surface area contributed by atoms with E-state index in [1.807, 2.05) is 0 Å². The van der Waals surface area contributed by atoms with Crippen molar-refractivity contribution in [3.63, 3.8) is 0 Å². The van der Waals surface area contributed by atoms with E-state index in [9.17, 15) is 0 Å². The first-order chi connectivity index (χ1) is 9.72. The fraction of sp³-hybridized carbons (Fsp3) is 0.867. The minimum atomic E-state index is 0.310. The molecule has 2 aliphatic rings. The number of hydrogen-bond donors (Lipinski definition) is 1. The van der Waals surface area contributed by atoms with Gasteiger partial charge in [0.1, 0.15) is 0 Å². The van der Waals surface area contributed by atoms with Gasteiger partial charge in [0.05, 0.1) is 6.54 Å². The number of likely N-dealkylation sites (tertiary alicyclic amines) is 1. The zero-order valence-corrected chi connectivity index (χ0v) is 12.6. The molecule has 1 aromatic heterocycles. The Morgan fingerprint density at radius 2 is 2.15 bits per heavy atom. The van der Waals surface area contributed by atoms with Crippen molar-refractivity contribution in [2.75, 3.05) is 13.1 Å². The quantitative estimate of drug-likeness (QED) is 0.865. The lowest BCUT2D eigenvalue weighted by Crippen LogP contribution is -2.45. The Balaban J connectivity index is 1.56. The van der Waals surface area contributed by atoms with E-state index in [0.29, 0.717) is 12.0 Å². The predicted molar refractivity (Wildman–Crippen MR) is 77.5 cm³/mol. The van der Waals surface area contributed by atoms with Gasteiger partial charge in [-0.25, -0.2) is 0 Å². The third-order valence-corrected chi connectivity index (χ3v) is 4.29. The summed E-state index contributed by atoms with van der Waals surface area (Å²) in [5.41, 5.74) is 0. The van der Waals surface area contributed by atoms with E-state index in [1.54, 1.807) is 0 Å². The van der Waals surface area contributed by atoms with Crippen molar-refractivity contribution >= 4 is 0 Å². The van der Waals surface area contributed by atoms with Gasteiger partial charge in [0.2, 0.25) is 5.89 Å². The van der Waals surface area contributed by atoms with Crippen molar-refractivity contribution in [3.05, 3.63) is 11.7 Å². The van der Waals surface area contributed by atoms with Crippen LogP contribution in [-0.4, -0.2) is 40.2 Å². The summed E-state index contributed by atoms with van der Waals surface area (Å²) >= 11 is 0. The molecule has 112 valence electrons. The molecule has 5 heteroatoms. The molecule has 0 radical (unpaired) electrons. The molecule has 1 aromatic rings. The highest BCUT2D eigenvalue weighted by molar-refractivity contribution is 4.93. The molecule has 1 aliphatic heterocycles. The monoisotopic (exact) mass is 278 g/mol. The molecule has 0 amide bonds. The van der Waals surface area contributed by atoms with Crippen LogP contribution in [0.4, 0.5) is 0 Å². The maximum Gasteiger partial charge on any atom is 0.229 e. The number of piperidine rings is 1. The third-order valence-electron chi connectivity index (χ3n) is 4.29. The van der Waals surface area contributed by atoms with Gasteiger partial charge in [-0.2, -0.15) is 4.98 Å². The van der Waals surface area contributed by atoms with Crippen LogP contribution in [0.1, 0.15) is 63.6 Å². The number of aromatic nitrogens is 2. The van der Waals surface area contributed by atoms with Crippen LogP contribution in [-0.2, 0) is 6.54 Å². The summed E-state index contributed by atoms with van der Waals surface area (Å²) in [4.78, 5) is 7.03. The Labute approximate surface area is 121 Å². The average molecular weight is 278 g/mol. The Hall–Kier alpha value is -0.940. The van der Waals surface area contributed by atoms with E-state index in [2.05, 4.69) is 34.2 Å². The van der Waals surface area contributed by atoms with Gasteiger partial charge in [-0.15, -0.1) is 0 Å². The highest BCUT2D eigenvalue weighted by Crippen LogP contribution is 2.22. The molecule has 0 spiro atoms. The Bertz CT molecular complexity index is 427. The van der Waals surface area contributed by atoms with Gasteiger partial charge >= 0.3 is 0 Å². The van der Waals surface area contributed by atoms with Gasteiger partial charge in [-0.05, 0) is 32.2 Å². The van der Waals surface area contributed by atoms with Crippen molar-refractivity contribution in [3.8, 4) is 0 Å². The van der Waals surface area contributed by atoms with Crippen LogP contribution in [0.3, 0.4) is 0 Å². The highest BCUT2D eigenvalue weighted by atomic mass is 16.5. The van der Waals surface area contributed by atoms with Gasteiger partial charge in [-0.3, -0.25) is 4.90 Å². The molecule has 5 nitrogen and oxygen atoms in total. The van der Waals surface area contributed by atoms with Crippen molar-refractivity contribution in [1.82, 2.24) is 20.4 Å². The van der Waals surface area contributed by atoms with E-state index < -0.39 is 0 Å². The molecule has 1 atom stereocenters. The maximum absolute atomic E-state index is 5.31. The first-order valence-electron chi connectivity index (χ1n) is 8.02. The summed E-state index contributed by atoms with van der Waals surface area (Å²) in [6, 6.07) is 1.42. The molecule has 0 bridgehead atoms. The van der Waals surface area contributed by atoms with Crippen LogP contribution in [0.2, 0.25) is 0 Å². The van der Waals surface area contributed by atoms with E-state index in [4.69, 9.17) is 4.52 Å². The lowest BCUT2D eigenvalue weighted by Gasteiger charge is -2.35. The second-order valence-electron chi connectivity index (χ2n) is 6.51. The van der Waals surface area contributed by atoms with E-state index in [1.165, 1.54) is 32.1 Å². The molecule has 3 rings (SSSR count). The molecule has 2 fully saturated rings. The first-order valence-corrected chi connectivity index (χ1v) is 8.02. The molecule has 1 saturated heterocycles. The van der Waals surface area contributed by atoms with Crippen LogP contribution >= 0.6 is 0 Å². The zero-order chi connectivity index (χ0) is 13.9. The number of rotatable bonds is 6. The minimum absolute atomic E-state index is 0.310. The standard InChI is InChI=1S/C15H26N4O/c1-11(2)15-17-14(18-20-15)10-19-8-4-3-5-13(19)9-16-12-6-7-12/h11-13,16H,3-10H2,1-2H3. The second-order valence-corrected chi connectivity index (χ2v) is 6.51. The van der Waals surface area contributed by atoms with Crippen molar-refractivity contribution in [1.29, 1.82) is 0 Å². The Morgan fingerprint density at radius 1 is 1.30 bits per heavy atom. The maximum atomic E-state index is 5.31. The molecule has 0 aromatic carbocycles. The molecule has 2 heterocycles. The van der Waals surface area contributed by atoms with Gasteiger partial charge in [-0.1, -0.05) is 25.4 Å². The summed E-state index contributed by atoms with van der Waals surface area (Å²) < 4.78 is 5.31. The molecule has 20 heavy (non-hydrogen) atoms. The summed E-state index contributed by atoms with van der Waals surface area (Å²) in [7, 11) is 0. The normalized spacial score (nSPS) is 24.4. The molecule has 1 unspecified atom stereocenters. The van der Waals surface area contributed by atoms with Crippen LogP contribution in [0.15, 0.2) is 4.52 Å². The van der Waals surface area contributed by atoms with Gasteiger partial charge < -0.3 is 9.84 Å². The van der Waals surface area contributed by atoms with Gasteiger partial charge in [0, 0.05) is 24.5 Å². The summed E-state index contributed by atoms with van der Waals surface area (Å²) in [5.74, 6) is 1.90. The van der Waals surface area contributed by atoms with Crippen LogP contribution in [0.5, 0.6) is 0 Å². The molecule has 1 N–H and O–H groups in total. The summed E-state index contributed by atoms with van der Waals surface area (Å²) in [6.45, 7) is 7.26. The Kier molecular flexibility index (Phi) is 4.36. The topological polar surface area (TPSA) is 54.2 Å². The third kappa shape index (κ3) is 3.58. The predicted octanol–water partition coefficient (Wildman–Crippen LogP) is 2.30. The van der Waals surface area contributed by atoms with E-state index in [0.717, 1.165) is 37.4 Å². The van der Waals surface area contributed by atoms with Crippen LogP contribution in [0.25, 0.3) is 0 Å². The first kappa shape index (κ1) is 14.0. The van der Waals surface area contributed by atoms with Crippen LogP contribution < -0.4 is 5.32 Å². The lowest BCUT2D eigenvalue weighted by molar-refractivity contribution is 0.132. The Morgan fingerprint density at radius 3 is 2.85 bits per heavy atom. The molecular formula is C15H26N4O. The van der Waals surface area contributed by atoms with Crippen molar-refractivity contribution in [2.24, 2.45) is 0 Å². The average Bonchev–Trinajstić information content (AvgIpc) is 3.15.